The number of rotatable bonds is 5. The Hall–Kier alpha value is -1.17. The number of nitrogens with two attached hydrogens (primary N) is 1. The molecule has 0 radical (unpaired) electrons. The molecular weight excluding hydrogens is 290 g/mol. The predicted molar refractivity (Wildman–Crippen MR) is 86.7 cm³/mol. The second-order valence-electron chi connectivity index (χ2n) is 5.61. The maximum absolute atomic E-state index is 10.9. The summed E-state index contributed by atoms with van der Waals surface area (Å²) >= 11 is 0. The molecule has 0 bridgehead atoms. The van der Waals surface area contributed by atoms with Gasteiger partial charge in [0.2, 0.25) is 0 Å². The molecule has 1 heterocycles. The summed E-state index contributed by atoms with van der Waals surface area (Å²) in [4.78, 5) is 13.0. The minimum absolute atomic E-state index is 0. The summed E-state index contributed by atoms with van der Waals surface area (Å²) in [5, 5.41) is 10.9. The fourth-order valence-corrected chi connectivity index (χ4v) is 3.03. The van der Waals surface area contributed by atoms with Crippen molar-refractivity contribution in [2.24, 2.45) is 11.7 Å². The summed E-state index contributed by atoms with van der Waals surface area (Å²) in [6.45, 7) is 4.97. The molecule has 2 rings (SSSR count). The molecule has 0 aromatic heterocycles. The van der Waals surface area contributed by atoms with Crippen LogP contribution in [0.1, 0.15) is 37.8 Å². The second kappa shape index (κ2) is 8.32. The Morgan fingerprint density at radius 1 is 1.52 bits per heavy atom. The third kappa shape index (κ3) is 4.66. The van der Waals surface area contributed by atoms with Gasteiger partial charge in [-0.1, -0.05) is 12.1 Å². The first-order valence-corrected chi connectivity index (χ1v) is 7.30. The van der Waals surface area contributed by atoms with Crippen molar-refractivity contribution < 1.29 is 4.92 Å². The predicted octanol–water partition coefficient (Wildman–Crippen LogP) is 3.14. The van der Waals surface area contributed by atoms with Gasteiger partial charge in [0.05, 0.1) is 4.92 Å². The van der Waals surface area contributed by atoms with Crippen LogP contribution in [0, 0.1) is 16.0 Å². The van der Waals surface area contributed by atoms with E-state index < -0.39 is 0 Å². The van der Waals surface area contributed by atoms with E-state index in [9.17, 15) is 10.1 Å². The second-order valence-corrected chi connectivity index (χ2v) is 5.61. The van der Waals surface area contributed by atoms with E-state index >= 15 is 0 Å². The topological polar surface area (TPSA) is 72.4 Å². The molecule has 2 atom stereocenters. The summed E-state index contributed by atoms with van der Waals surface area (Å²) in [5.74, 6) is 0.662. The number of piperidine rings is 1. The van der Waals surface area contributed by atoms with Gasteiger partial charge in [0.1, 0.15) is 0 Å². The summed E-state index contributed by atoms with van der Waals surface area (Å²) < 4.78 is 0. The van der Waals surface area contributed by atoms with Gasteiger partial charge in [-0.15, -0.1) is 12.4 Å². The first kappa shape index (κ1) is 17.9. The number of nitrogens with zero attached hydrogens (tertiary/aromatic N) is 2. The van der Waals surface area contributed by atoms with Gasteiger partial charge >= 0.3 is 0 Å². The van der Waals surface area contributed by atoms with Crippen molar-refractivity contribution in [2.45, 2.75) is 32.2 Å². The van der Waals surface area contributed by atoms with E-state index in [0.29, 0.717) is 5.92 Å². The molecule has 21 heavy (non-hydrogen) atoms. The average molecular weight is 314 g/mol. The number of non-ortho nitro benzene ring substituents is 1. The van der Waals surface area contributed by atoms with Crippen molar-refractivity contribution in [3.05, 3.63) is 39.9 Å². The normalized spacial score (nSPS) is 20.6. The first-order chi connectivity index (χ1) is 9.61. The molecule has 2 N–H and O–H groups in total. The number of hydrogen-bond donors (Lipinski definition) is 1. The van der Waals surface area contributed by atoms with Crippen molar-refractivity contribution in [1.29, 1.82) is 0 Å². The third-order valence-electron chi connectivity index (χ3n) is 4.24. The van der Waals surface area contributed by atoms with Crippen LogP contribution in [0.2, 0.25) is 0 Å². The fraction of sp³-hybridized carbons (Fsp3) is 0.600. The molecule has 0 aliphatic carbocycles. The van der Waals surface area contributed by atoms with Crippen molar-refractivity contribution in [2.75, 3.05) is 19.6 Å². The quantitative estimate of drug-likeness (QED) is 0.669. The van der Waals surface area contributed by atoms with E-state index in [1.165, 1.54) is 12.8 Å². The van der Waals surface area contributed by atoms with Crippen LogP contribution in [0.5, 0.6) is 0 Å². The fourth-order valence-electron chi connectivity index (χ4n) is 3.03. The van der Waals surface area contributed by atoms with Gasteiger partial charge < -0.3 is 5.73 Å². The zero-order chi connectivity index (χ0) is 14.5. The number of hydrogen-bond acceptors (Lipinski definition) is 4. The van der Waals surface area contributed by atoms with Gasteiger partial charge in [0, 0.05) is 24.7 Å². The third-order valence-corrected chi connectivity index (χ3v) is 4.24. The zero-order valence-electron chi connectivity index (χ0n) is 12.4. The first-order valence-electron chi connectivity index (χ1n) is 7.30. The van der Waals surface area contributed by atoms with Crippen LogP contribution in [0.3, 0.4) is 0 Å². The van der Waals surface area contributed by atoms with E-state index in [2.05, 4.69) is 11.8 Å². The van der Waals surface area contributed by atoms with Crippen LogP contribution in [-0.2, 0) is 0 Å². The molecule has 1 aromatic rings. The molecule has 0 amide bonds. The highest BCUT2D eigenvalue weighted by atomic mass is 35.5. The number of likely N-dealkylation sites (tertiary alicyclic amines) is 1. The smallest absolute Gasteiger partial charge is 0.269 e. The number of nitro benzene ring substituents is 1. The maximum Gasteiger partial charge on any atom is 0.269 e. The molecule has 1 aromatic carbocycles. The molecule has 1 saturated heterocycles. The van der Waals surface area contributed by atoms with Gasteiger partial charge in [0.15, 0.2) is 0 Å². The van der Waals surface area contributed by atoms with E-state index in [1.807, 2.05) is 6.07 Å². The highest BCUT2D eigenvalue weighted by Gasteiger charge is 2.24. The monoisotopic (exact) mass is 313 g/mol. The Bertz CT molecular complexity index is 468. The van der Waals surface area contributed by atoms with Crippen LogP contribution >= 0.6 is 12.4 Å². The molecule has 2 unspecified atom stereocenters. The van der Waals surface area contributed by atoms with Crippen molar-refractivity contribution in [3.63, 3.8) is 0 Å². The molecule has 1 aliphatic rings. The van der Waals surface area contributed by atoms with E-state index in [1.54, 1.807) is 18.2 Å². The Kier molecular flexibility index (Phi) is 7.08. The van der Waals surface area contributed by atoms with Gasteiger partial charge in [-0.3, -0.25) is 15.0 Å². The van der Waals surface area contributed by atoms with E-state index in [0.717, 1.165) is 31.6 Å². The lowest BCUT2D eigenvalue weighted by atomic mass is 9.93. The summed E-state index contributed by atoms with van der Waals surface area (Å²) in [7, 11) is 0. The number of halogens is 1. The van der Waals surface area contributed by atoms with Crippen LogP contribution in [-0.4, -0.2) is 29.5 Å². The molecule has 0 spiro atoms. The minimum Gasteiger partial charge on any atom is -0.330 e. The molecule has 118 valence electrons. The van der Waals surface area contributed by atoms with Crippen molar-refractivity contribution in [1.82, 2.24) is 4.90 Å². The summed E-state index contributed by atoms with van der Waals surface area (Å²) in [5.41, 5.74) is 6.84. The van der Waals surface area contributed by atoms with Crippen LogP contribution in [0.15, 0.2) is 24.3 Å². The van der Waals surface area contributed by atoms with E-state index in [-0.39, 0.29) is 29.1 Å². The molecule has 0 saturated carbocycles. The molecular formula is C15H24ClN3O2. The Balaban J connectivity index is 0.00000220. The van der Waals surface area contributed by atoms with Gasteiger partial charge in [-0.25, -0.2) is 0 Å². The lowest BCUT2D eigenvalue weighted by molar-refractivity contribution is -0.385. The lowest BCUT2D eigenvalue weighted by Gasteiger charge is -2.37. The largest absolute Gasteiger partial charge is 0.330 e. The van der Waals surface area contributed by atoms with Crippen molar-refractivity contribution in [3.8, 4) is 0 Å². The average Bonchev–Trinajstić information content (AvgIpc) is 2.47. The lowest BCUT2D eigenvalue weighted by Crippen LogP contribution is -2.37. The molecule has 1 aliphatic heterocycles. The van der Waals surface area contributed by atoms with E-state index in [4.69, 9.17) is 5.73 Å². The van der Waals surface area contributed by atoms with Crippen LogP contribution < -0.4 is 5.73 Å². The minimum atomic E-state index is -0.330. The Labute approximate surface area is 132 Å². The number of nitro groups is 1. The Morgan fingerprint density at radius 3 is 2.95 bits per heavy atom. The van der Waals surface area contributed by atoms with Gasteiger partial charge in [0.25, 0.3) is 5.69 Å². The standard InChI is InChI=1S/C15H23N3O2.ClH/c1-12(14-5-2-6-15(10-14)18(19)20)17-9-3-4-13(11-17)7-8-16;/h2,5-6,10,12-13H,3-4,7-9,11,16H2,1H3;1H. The van der Waals surface area contributed by atoms with Crippen molar-refractivity contribution >= 4 is 18.1 Å². The van der Waals surface area contributed by atoms with Gasteiger partial charge in [-0.2, -0.15) is 0 Å². The van der Waals surface area contributed by atoms with Crippen LogP contribution in [0.25, 0.3) is 0 Å². The highest BCUT2D eigenvalue weighted by molar-refractivity contribution is 5.85. The van der Waals surface area contributed by atoms with Gasteiger partial charge in [-0.05, 0) is 50.8 Å². The molecule has 6 heteroatoms. The number of benzene rings is 1. The van der Waals surface area contributed by atoms with Crippen LogP contribution in [0.4, 0.5) is 5.69 Å². The summed E-state index contributed by atoms with van der Waals surface area (Å²) in [6.07, 6.45) is 3.50. The molecule has 1 fully saturated rings. The molecule has 5 nitrogen and oxygen atoms in total. The zero-order valence-corrected chi connectivity index (χ0v) is 13.2. The Morgan fingerprint density at radius 2 is 2.29 bits per heavy atom. The summed E-state index contributed by atoms with van der Waals surface area (Å²) in [6, 6.07) is 7.20. The SMILES string of the molecule is CC(c1cccc([N+](=O)[O-])c1)N1CCCC(CCN)C1.Cl. The maximum atomic E-state index is 10.9. The highest BCUT2D eigenvalue weighted by Crippen LogP contribution is 2.29.